The Morgan fingerprint density at radius 1 is 0.966 bits per heavy atom. The molecule has 164 valence electrons. The first-order valence-corrected chi connectivity index (χ1v) is 15.4. The molecule has 0 N–H and O–H groups in total. The molecule has 0 aromatic heterocycles. The van der Waals surface area contributed by atoms with E-state index in [2.05, 4.69) is 27.7 Å². The molecule has 5 rings (SSSR count). The summed E-state index contributed by atoms with van der Waals surface area (Å²) in [6.45, 7) is 9.85. The molecule has 0 aromatic carbocycles. The van der Waals surface area contributed by atoms with Gasteiger partial charge in [-0.2, -0.15) is 0 Å². The average molecular weight is 417 g/mol. The summed E-state index contributed by atoms with van der Waals surface area (Å²) < 4.78 is 7.13. The monoisotopic (exact) mass is 416 g/mol. The molecule has 2 nitrogen and oxygen atoms in total. The van der Waals surface area contributed by atoms with Crippen LogP contribution in [0.5, 0.6) is 0 Å². The van der Waals surface area contributed by atoms with Gasteiger partial charge in [-0.1, -0.05) is 40.5 Å². The smallest absolute Gasteiger partial charge is 0.195 e. The first kappa shape index (κ1) is 20.7. The Morgan fingerprint density at radius 3 is 2.45 bits per heavy atom. The summed E-state index contributed by atoms with van der Waals surface area (Å²) in [7, 11) is -1.49. The fourth-order valence-electron chi connectivity index (χ4n) is 9.23. The molecule has 7 atom stereocenters. The summed E-state index contributed by atoms with van der Waals surface area (Å²) in [4.78, 5) is 12.6. The Bertz CT molecular complexity index is 653. The van der Waals surface area contributed by atoms with Crippen LogP contribution in [-0.2, 0) is 9.22 Å². The van der Waals surface area contributed by atoms with Gasteiger partial charge < -0.3 is 4.43 Å². The number of carbonyl (C=O) groups is 1. The molecule has 29 heavy (non-hydrogen) atoms. The molecular formula is C26H44O2Si. The topological polar surface area (TPSA) is 26.3 Å². The van der Waals surface area contributed by atoms with Crippen molar-refractivity contribution in [3.05, 3.63) is 0 Å². The zero-order valence-electron chi connectivity index (χ0n) is 19.5. The van der Waals surface area contributed by atoms with Crippen molar-refractivity contribution >= 4 is 14.1 Å². The van der Waals surface area contributed by atoms with E-state index in [9.17, 15) is 4.79 Å². The summed E-state index contributed by atoms with van der Waals surface area (Å²) in [5.74, 6) is 3.84. The van der Waals surface area contributed by atoms with Gasteiger partial charge in [0.1, 0.15) is 5.78 Å². The number of Topliss-reactive ketones (excluding diaryl/α,β-unsaturated/α-hetero) is 1. The second-order valence-corrected chi connectivity index (χ2v) is 17.0. The second-order valence-electron chi connectivity index (χ2n) is 12.5. The highest BCUT2D eigenvalue weighted by atomic mass is 28.4. The number of carbonyl (C=O) groups excluding carboxylic acids is 1. The van der Waals surface area contributed by atoms with E-state index in [0.29, 0.717) is 23.2 Å². The molecule has 1 saturated heterocycles. The van der Waals surface area contributed by atoms with Crippen molar-refractivity contribution in [2.75, 3.05) is 0 Å². The number of hydrogen-bond donors (Lipinski definition) is 0. The Balaban J connectivity index is 1.31. The first-order valence-electron chi connectivity index (χ1n) is 13.0. The summed E-state index contributed by atoms with van der Waals surface area (Å²) >= 11 is 0. The number of ketones is 1. The molecule has 3 unspecified atom stereocenters. The van der Waals surface area contributed by atoms with Gasteiger partial charge in [-0.05, 0) is 98.1 Å². The van der Waals surface area contributed by atoms with Crippen LogP contribution in [0, 0.1) is 34.5 Å². The van der Waals surface area contributed by atoms with Crippen LogP contribution in [0.3, 0.4) is 0 Å². The minimum Gasteiger partial charge on any atom is -0.414 e. The standard InChI is InChI=1S/C26H44O2Si/c1-18(2)29(15-5-6-16-29)28-20-11-13-25(3)19(17-20)7-8-21-22-9-10-24(27)26(22,4)14-12-23(21)25/h18-23H,5-17H2,1-4H3/t19-,20-,21?,22?,23?,25-,26-/m0/s1. The summed E-state index contributed by atoms with van der Waals surface area (Å²) in [5.41, 5.74) is 1.32. The molecular weight excluding hydrogens is 372 g/mol. The van der Waals surface area contributed by atoms with E-state index < -0.39 is 8.32 Å². The molecule has 0 amide bonds. The van der Waals surface area contributed by atoms with Gasteiger partial charge in [0.25, 0.3) is 0 Å². The van der Waals surface area contributed by atoms with Crippen LogP contribution in [0.1, 0.15) is 98.3 Å². The third-order valence-corrected chi connectivity index (χ3v) is 16.5. The molecule has 0 bridgehead atoms. The van der Waals surface area contributed by atoms with Crippen LogP contribution in [0.2, 0.25) is 17.6 Å². The van der Waals surface area contributed by atoms with Gasteiger partial charge in [0.2, 0.25) is 0 Å². The normalized spacial score (nSPS) is 49.0. The maximum absolute atomic E-state index is 12.6. The summed E-state index contributed by atoms with van der Waals surface area (Å²) in [5, 5.41) is 0. The van der Waals surface area contributed by atoms with E-state index in [1.165, 1.54) is 76.3 Å². The molecule has 4 aliphatic carbocycles. The van der Waals surface area contributed by atoms with E-state index in [4.69, 9.17) is 4.43 Å². The minimum atomic E-state index is -1.49. The van der Waals surface area contributed by atoms with Gasteiger partial charge in [0.05, 0.1) is 0 Å². The highest BCUT2D eigenvalue weighted by Gasteiger charge is 2.60. The Kier molecular flexibility index (Phi) is 5.14. The van der Waals surface area contributed by atoms with Gasteiger partial charge in [-0.3, -0.25) is 4.79 Å². The minimum absolute atomic E-state index is 0.0302. The summed E-state index contributed by atoms with van der Waals surface area (Å²) in [6.07, 6.45) is 14.7. The van der Waals surface area contributed by atoms with Crippen LogP contribution in [-0.4, -0.2) is 20.2 Å². The first-order chi connectivity index (χ1) is 13.8. The quantitative estimate of drug-likeness (QED) is 0.457. The molecule has 0 radical (unpaired) electrons. The molecule has 3 heteroatoms. The van der Waals surface area contributed by atoms with E-state index in [1.807, 2.05) is 0 Å². The van der Waals surface area contributed by atoms with Crippen molar-refractivity contribution in [1.29, 1.82) is 0 Å². The third kappa shape index (κ3) is 3.07. The molecule has 1 aliphatic heterocycles. The highest BCUT2D eigenvalue weighted by molar-refractivity contribution is 6.75. The number of hydrogen-bond acceptors (Lipinski definition) is 2. The maximum Gasteiger partial charge on any atom is 0.195 e. The molecule has 4 saturated carbocycles. The van der Waals surface area contributed by atoms with Gasteiger partial charge in [0, 0.05) is 17.9 Å². The predicted octanol–water partition coefficient (Wildman–Crippen LogP) is 7.13. The van der Waals surface area contributed by atoms with E-state index >= 15 is 0 Å². The average Bonchev–Trinajstić information content (AvgIpc) is 3.28. The molecule has 5 fully saturated rings. The van der Waals surface area contributed by atoms with Crippen molar-refractivity contribution in [3.8, 4) is 0 Å². The number of fused-ring (bicyclic) bond motifs is 5. The van der Waals surface area contributed by atoms with Crippen molar-refractivity contribution < 1.29 is 9.22 Å². The van der Waals surface area contributed by atoms with E-state index in [-0.39, 0.29) is 5.41 Å². The van der Waals surface area contributed by atoms with Crippen molar-refractivity contribution in [2.45, 2.75) is 122 Å². The second kappa shape index (κ2) is 7.19. The third-order valence-electron chi connectivity index (χ3n) is 11.2. The van der Waals surface area contributed by atoms with Crippen LogP contribution >= 0.6 is 0 Å². The lowest BCUT2D eigenvalue weighted by Crippen LogP contribution is -2.55. The molecule has 5 aliphatic rings. The number of rotatable bonds is 3. The lowest BCUT2D eigenvalue weighted by atomic mass is 9.45. The zero-order valence-corrected chi connectivity index (χ0v) is 20.5. The predicted molar refractivity (Wildman–Crippen MR) is 121 cm³/mol. The molecule has 1 heterocycles. The Labute approximate surface area is 180 Å². The molecule has 0 spiro atoms. The van der Waals surface area contributed by atoms with Gasteiger partial charge >= 0.3 is 0 Å². The lowest BCUT2D eigenvalue weighted by Gasteiger charge is -2.60. The van der Waals surface area contributed by atoms with Crippen LogP contribution < -0.4 is 0 Å². The SMILES string of the molecule is CC(C)[Si]1(O[C@H]2CC[C@]3(C)C4CC[C@]5(C)C(=O)CCC5C4CC[C@H]3C2)CCCC1. The van der Waals surface area contributed by atoms with Gasteiger partial charge in [-0.15, -0.1) is 0 Å². The van der Waals surface area contributed by atoms with Gasteiger partial charge in [0.15, 0.2) is 8.32 Å². The van der Waals surface area contributed by atoms with E-state index in [1.54, 1.807) is 0 Å². The Morgan fingerprint density at radius 2 is 1.72 bits per heavy atom. The van der Waals surface area contributed by atoms with Crippen LogP contribution in [0.15, 0.2) is 0 Å². The van der Waals surface area contributed by atoms with Crippen molar-refractivity contribution in [1.82, 2.24) is 0 Å². The maximum atomic E-state index is 12.6. The zero-order chi connectivity index (χ0) is 20.4. The fourth-order valence-corrected chi connectivity index (χ4v) is 13.7. The van der Waals surface area contributed by atoms with Crippen LogP contribution in [0.25, 0.3) is 0 Å². The fraction of sp³-hybridized carbons (Fsp3) is 0.962. The largest absolute Gasteiger partial charge is 0.414 e. The van der Waals surface area contributed by atoms with Crippen molar-refractivity contribution in [3.63, 3.8) is 0 Å². The van der Waals surface area contributed by atoms with Crippen LogP contribution in [0.4, 0.5) is 0 Å². The molecule has 0 aromatic rings. The van der Waals surface area contributed by atoms with E-state index in [0.717, 1.165) is 29.7 Å². The lowest BCUT2D eigenvalue weighted by molar-refractivity contribution is -0.141. The van der Waals surface area contributed by atoms with Crippen molar-refractivity contribution in [2.24, 2.45) is 34.5 Å². The Hall–Kier alpha value is -0.153. The highest BCUT2D eigenvalue weighted by Crippen LogP contribution is 2.65. The van der Waals surface area contributed by atoms with Gasteiger partial charge in [-0.25, -0.2) is 0 Å². The summed E-state index contributed by atoms with van der Waals surface area (Å²) in [6, 6.07) is 2.84.